The van der Waals surface area contributed by atoms with E-state index in [1.807, 2.05) is 0 Å². The van der Waals surface area contributed by atoms with Gasteiger partial charge in [-0.3, -0.25) is 4.79 Å². The third kappa shape index (κ3) is 4.20. The van der Waals surface area contributed by atoms with Gasteiger partial charge in [-0.2, -0.15) is 0 Å². The SMILES string of the molecule is CC(C)(C)C1CCC(C(=O)N[C@H]2CCCNC2)CC1. The number of hydrogen-bond donors (Lipinski definition) is 2. The molecule has 2 N–H and O–H groups in total. The highest BCUT2D eigenvalue weighted by Gasteiger charge is 2.32. The number of nitrogens with one attached hydrogen (secondary N) is 2. The predicted octanol–water partition coefficient (Wildman–Crippen LogP) is 2.71. The van der Waals surface area contributed by atoms with Crippen molar-refractivity contribution in [3.63, 3.8) is 0 Å². The van der Waals surface area contributed by atoms with Crippen LogP contribution in [0.1, 0.15) is 59.3 Å². The maximum Gasteiger partial charge on any atom is 0.223 e. The van der Waals surface area contributed by atoms with Crippen LogP contribution >= 0.6 is 0 Å². The van der Waals surface area contributed by atoms with Crippen LogP contribution in [0.15, 0.2) is 0 Å². The summed E-state index contributed by atoms with van der Waals surface area (Å²) in [6, 6.07) is 0.363. The van der Waals surface area contributed by atoms with E-state index in [0.717, 1.165) is 38.3 Å². The van der Waals surface area contributed by atoms with Crippen molar-refractivity contribution in [1.29, 1.82) is 0 Å². The second-order valence-electron chi connectivity index (χ2n) is 7.47. The molecular weight excluding hydrogens is 236 g/mol. The van der Waals surface area contributed by atoms with Gasteiger partial charge >= 0.3 is 0 Å². The van der Waals surface area contributed by atoms with Crippen molar-refractivity contribution in [2.45, 2.75) is 65.3 Å². The van der Waals surface area contributed by atoms with Gasteiger partial charge in [-0.15, -0.1) is 0 Å². The molecule has 2 aliphatic rings. The number of rotatable bonds is 2. The highest BCUT2D eigenvalue weighted by atomic mass is 16.1. The minimum Gasteiger partial charge on any atom is -0.352 e. The van der Waals surface area contributed by atoms with Gasteiger partial charge in [-0.1, -0.05) is 20.8 Å². The molecule has 0 aromatic heterocycles. The summed E-state index contributed by atoms with van der Waals surface area (Å²) in [6.45, 7) is 9.02. The number of carbonyl (C=O) groups is 1. The highest BCUT2D eigenvalue weighted by Crippen LogP contribution is 2.39. The zero-order chi connectivity index (χ0) is 13.9. The van der Waals surface area contributed by atoms with Gasteiger partial charge in [0.1, 0.15) is 0 Å². The van der Waals surface area contributed by atoms with Gasteiger partial charge in [0.15, 0.2) is 0 Å². The van der Waals surface area contributed by atoms with E-state index in [4.69, 9.17) is 0 Å². The van der Waals surface area contributed by atoms with Crippen LogP contribution in [0.25, 0.3) is 0 Å². The molecule has 2 rings (SSSR count). The quantitative estimate of drug-likeness (QED) is 0.807. The van der Waals surface area contributed by atoms with Gasteiger partial charge in [-0.05, 0) is 56.4 Å². The van der Waals surface area contributed by atoms with Gasteiger partial charge in [-0.25, -0.2) is 0 Å². The Bertz CT molecular complexity index is 294. The van der Waals surface area contributed by atoms with Crippen LogP contribution in [0.5, 0.6) is 0 Å². The van der Waals surface area contributed by atoms with Gasteiger partial charge < -0.3 is 10.6 Å². The van der Waals surface area contributed by atoms with Crippen molar-refractivity contribution in [2.75, 3.05) is 13.1 Å². The van der Waals surface area contributed by atoms with Crippen LogP contribution in [0.3, 0.4) is 0 Å². The molecule has 1 heterocycles. The van der Waals surface area contributed by atoms with Crippen LogP contribution < -0.4 is 10.6 Å². The number of amides is 1. The molecule has 1 saturated heterocycles. The van der Waals surface area contributed by atoms with E-state index in [0.29, 0.717) is 17.4 Å². The second-order valence-corrected chi connectivity index (χ2v) is 7.47. The second kappa shape index (κ2) is 6.25. The largest absolute Gasteiger partial charge is 0.352 e. The lowest BCUT2D eigenvalue weighted by atomic mass is 9.69. The molecule has 1 atom stereocenters. The Labute approximate surface area is 117 Å². The Kier molecular flexibility index (Phi) is 4.88. The maximum atomic E-state index is 12.3. The fourth-order valence-electron chi connectivity index (χ4n) is 3.52. The monoisotopic (exact) mass is 266 g/mol. The molecule has 0 bridgehead atoms. The number of hydrogen-bond acceptors (Lipinski definition) is 2. The molecule has 1 aliphatic carbocycles. The van der Waals surface area contributed by atoms with Crippen molar-refractivity contribution in [1.82, 2.24) is 10.6 Å². The molecule has 110 valence electrons. The van der Waals surface area contributed by atoms with Gasteiger partial charge in [0, 0.05) is 18.5 Å². The minimum atomic E-state index is 0.264. The molecule has 0 unspecified atom stereocenters. The summed E-state index contributed by atoms with van der Waals surface area (Å²) >= 11 is 0. The molecular formula is C16H30N2O. The van der Waals surface area contributed by atoms with E-state index in [9.17, 15) is 4.79 Å². The predicted molar refractivity (Wildman–Crippen MR) is 78.9 cm³/mol. The normalized spacial score (nSPS) is 32.9. The van der Waals surface area contributed by atoms with E-state index in [1.54, 1.807) is 0 Å². The summed E-state index contributed by atoms with van der Waals surface area (Å²) in [7, 11) is 0. The molecule has 2 fully saturated rings. The minimum absolute atomic E-state index is 0.264. The maximum absolute atomic E-state index is 12.3. The first-order valence-electron chi connectivity index (χ1n) is 7.98. The van der Waals surface area contributed by atoms with E-state index in [1.165, 1.54) is 19.3 Å². The standard InChI is InChI=1S/C16H30N2O/c1-16(2,3)13-8-6-12(7-9-13)15(19)18-14-5-4-10-17-11-14/h12-14,17H,4-11H2,1-3H3,(H,18,19)/t12?,13?,14-/m0/s1. The van der Waals surface area contributed by atoms with Crippen molar-refractivity contribution in [3.8, 4) is 0 Å². The average Bonchev–Trinajstić information content (AvgIpc) is 2.39. The van der Waals surface area contributed by atoms with E-state index in [2.05, 4.69) is 31.4 Å². The summed E-state index contributed by atoms with van der Waals surface area (Å²) in [4.78, 5) is 12.3. The van der Waals surface area contributed by atoms with Crippen LogP contribution in [0, 0.1) is 17.3 Å². The van der Waals surface area contributed by atoms with Crippen LogP contribution in [0.2, 0.25) is 0 Å². The summed E-state index contributed by atoms with van der Waals surface area (Å²) in [5, 5.41) is 6.60. The Hall–Kier alpha value is -0.570. The summed E-state index contributed by atoms with van der Waals surface area (Å²) in [5.41, 5.74) is 0.398. The van der Waals surface area contributed by atoms with Gasteiger partial charge in [0.2, 0.25) is 5.91 Å². The summed E-state index contributed by atoms with van der Waals surface area (Å²) in [6.07, 6.45) is 6.90. The lowest BCUT2D eigenvalue weighted by Crippen LogP contribution is -2.48. The zero-order valence-electron chi connectivity index (χ0n) is 12.8. The molecule has 3 nitrogen and oxygen atoms in total. The lowest BCUT2D eigenvalue weighted by Gasteiger charge is -2.37. The van der Waals surface area contributed by atoms with E-state index in [-0.39, 0.29) is 5.92 Å². The fraction of sp³-hybridized carbons (Fsp3) is 0.938. The third-order valence-corrected chi connectivity index (χ3v) is 4.97. The average molecular weight is 266 g/mol. The van der Waals surface area contributed by atoms with E-state index < -0.39 is 0 Å². The van der Waals surface area contributed by atoms with Crippen LogP contribution in [-0.4, -0.2) is 25.0 Å². The molecule has 0 spiro atoms. The lowest BCUT2D eigenvalue weighted by molar-refractivity contribution is -0.127. The van der Waals surface area contributed by atoms with Crippen molar-refractivity contribution in [3.05, 3.63) is 0 Å². The molecule has 1 amide bonds. The smallest absolute Gasteiger partial charge is 0.223 e. The summed E-state index contributed by atoms with van der Waals surface area (Å²) in [5.74, 6) is 1.36. The zero-order valence-corrected chi connectivity index (χ0v) is 12.8. The Morgan fingerprint density at radius 2 is 1.79 bits per heavy atom. The van der Waals surface area contributed by atoms with Gasteiger partial charge in [0.05, 0.1) is 0 Å². The van der Waals surface area contributed by atoms with Crippen LogP contribution in [0.4, 0.5) is 0 Å². The third-order valence-electron chi connectivity index (χ3n) is 4.97. The Morgan fingerprint density at radius 1 is 1.11 bits per heavy atom. The first kappa shape index (κ1) is 14.8. The highest BCUT2D eigenvalue weighted by molar-refractivity contribution is 5.79. The molecule has 0 aromatic rings. The van der Waals surface area contributed by atoms with Gasteiger partial charge in [0.25, 0.3) is 0 Å². The van der Waals surface area contributed by atoms with E-state index >= 15 is 0 Å². The number of carbonyl (C=O) groups excluding carboxylic acids is 1. The Balaban J connectivity index is 1.76. The van der Waals surface area contributed by atoms with Crippen molar-refractivity contribution >= 4 is 5.91 Å². The van der Waals surface area contributed by atoms with Crippen molar-refractivity contribution < 1.29 is 4.79 Å². The van der Waals surface area contributed by atoms with Crippen molar-refractivity contribution in [2.24, 2.45) is 17.3 Å². The molecule has 0 aromatic carbocycles. The van der Waals surface area contributed by atoms with Crippen LogP contribution in [-0.2, 0) is 4.79 Å². The molecule has 0 radical (unpaired) electrons. The fourth-order valence-corrected chi connectivity index (χ4v) is 3.52. The topological polar surface area (TPSA) is 41.1 Å². The molecule has 19 heavy (non-hydrogen) atoms. The summed E-state index contributed by atoms with van der Waals surface area (Å²) < 4.78 is 0. The number of piperidine rings is 1. The molecule has 3 heteroatoms. The first-order valence-corrected chi connectivity index (χ1v) is 7.98. The Morgan fingerprint density at radius 3 is 2.32 bits per heavy atom. The first-order chi connectivity index (χ1) is 8.97. The molecule has 1 aliphatic heterocycles. The molecule has 1 saturated carbocycles.